The fourth-order valence-electron chi connectivity index (χ4n) is 3.07. The molecular formula is C16H24N4O2S. The first kappa shape index (κ1) is 16.2. The highest BCUT2D eigenvalue weighted by Crippen LogP contribution is 2.41. The van der Waals surface area contributed by atoms with Crippen LogP contribution in [0.3, 0.4) is 0 Å². The van der Waals surface area contributed by atoms with E-state index >= 15 is 0 Å². The number of carbonyl (C=O) groups excluding carboxylic acids is 2. The number of nitrogens with two attached hydrogens (primary N) is 1. The van der Waals surface area contributed by atoms with E-state index in [0.29, 0.717) is 18.9 Å². The van der Waals surface area contributed by atoms with E-state index in [-0.39, 0.29) is 23.9 Å². The van der Waals surface area contributed by atoms with Crippen LogP contribution in [0.15, 0.2) is 5.38 Å². The summed E-state index contributed by atoms with van der Waals surface area (Å²) in [4.78, 5) is 29.9. The molecule has 3 rings (SSSR count). The van der Waals surface area contributed by atoms with Gasteiger partial charge in [0, 0.05) is 30.8 Å². The van der Waals surface area contributed by atoms with Gasteiger partial charge in [-0.25, -0.2) is 9.78 Å². The fraction of sp³-hybridized carbons (Fsp3) is 0.688. The van der Waals surface area contributed by atoms with Crippen molar-refractivity contribution in [2.75, 3.05) is 13.1 Å². The molecule has 0 spiro atoms. The third-order valence-electron chi connectivity index (χ3n) is 4.55. The first-order valence-electron chi connectivity index (χ1n) is 8.32. The van der Waals surface area contributed by atoms with Gasteiger partial charge in [0.05, 0.1) is 16.7 Å². The van der Waals surface area contributed by atoms with Crippen LogP contribution in [0.5, 0.6) is 0 Å². The molecule has 6 nitrogen and oxygen atoms in total. The minimum atomic E-state index is -0.291. The van der Waals surface area contributed by atoms with E-state index in [1.165, 1.54) is 17.8 Å². The third kappa shape index (κ3) is 4.22. The quantitative estimate of drug-likeness (QED) is 0.865. The predicted octanol–water partition coefficient (Wildman–Crippen LogP) is 2.38. The molecule has 2 unspecified atom stereocenters. The smallest absolute Gasteiger partial charge is 0.317 e. The molecule has 2 fully saturated rings. The number of nitrogens with one attached hydrogen (secondary N) is 1. The Morgan fingerprint density at radius 3 is 2.96 bits per heavy atom. The zero-order valence-electron chi connectivity index (χ0n) is 13.5. The number of amides is 3. The van der Waals surface area contributed by atoms with Crippen molar-refractivity contribution in [3.63, 3.8) is 0 Å². The standard InChI is InChI=1S/C16H24N4O2S/c1-10(13-9-23-15(19-13)12-4-5-12)18-16(22)20-6-2-3-11(8-20)7-14(17)21/h9-12H,2-8H2,1H3,(H2,17,21)(H,18,22). The van der Waals surface area contributed by atoms with Crippen LogP contribution in [-0.4, -0.2) is 34.9 Å². The molecule has 3 N–H and O–H groups in total. The molecule has 3 amide bonds. The van der Waals surface area contributed by atoms with Crippen molar-refractivity contribution in [1.82, 2.24) is 15.2 Å². The highest BCUT2D eigenvalue weighted by atomic mass is 32.1. The van der Waals surface area contributed by atoms with Crippen molar-refractivity contribution >= 4 is 23.3 Å². The minimum absolute atomic E-state index is 0.0763. The van der Waals surface area contributed by atoms with Crippen LogP contribution in [0.4, 0.5) is 4.79 Å². The Hall–Kier alpha value is -1.63. The number of hydrogen-bond donors (Lipinski definition) is 2. The fourth-order valence-corrected chi connectivity index (χ4v) is 4.15. The lowest BCUT2D eigenvalue weighted by atomic mass is 9.95. The summed E-state index contributed by atoms with van der Waals surface area (Å²) < 4.78 is 0. The normalized spacial score (nSPS) is 22.7. The molecule has 1 saturated carbocycles. The minimum Gasteiger partial charge on any atom is -0.370 e. The van der Waals surface area contributed by atoms with Crippen LogP contribution in [0.25, 0.3) is 0 Å². The molecule has 1 saturated heterocycles. The molecule has 2 aliphatic rings. The van der Waals surface area contributed by atoms with Gasteiger partial charge in [-0.2, -0.15) is 0 Å². The number of nitrogens with zero attached hydrogens (tertiary/aromatic N) is 2. The Balaban J connectivity index is 1.53. The van der Waals surface area contributed by atoms with E-state index in [9.17, 15) is 9.59 Å². The summed E-state index contributed by atoms with van der Waals surface area (Å²) in [5, 5.41) is 6.27. The van der Waals surface area contributed by atoms with E-state index < -0.39 is 0 Å². The summed E-state index contributed by atoms with van der Waals surface area (Å²) in [6.07, 6.45) is 4.71. The highest BCUT2D eigenvalue weighted by molar-refractivity contribution is 7.09. The average molecular weight is 336 g/mol. The number of rotatable bonds is 5. The first-order valence-corrected chi connectivity index (χ1v) is 9.20. The van der Waals surface area contributed by atoms with E-state index in [2.05, 4.69) is 10.3 Å². The zero-order valence-corrected chi connectivity index (χ0v) is 14.3. The van der Waals surface area contributed by atoms with Gasteiger partial charge in [0.2, 0.25) is 5.91 Å². The van der Waals surface area contributed by atoms with Gasteiger partial charge in [-0.3, -0.25) is 4.79 Å². The van der Waals surface area contributed by atoms with E-state index in [0.717, 1.165) is 25.1 Å². The van der Waals surface area contributed by atoms with Gasteiger partial charge >= 0.3 is 6.03 Å². The topological polar surface area (TPSA) is 88.3 Å². The van der Waals surface area contributed by atoms with Gasteiger partial charge in [0.1, 0.15) is 0 Å². The van der Waals surface area contributed by atoms with Crippen LogP contribution in [0.1, 0.15) is 61.7 Å². The SMILES string of the molecule is CC(NC(=O)N1CCCC(CC(N)=O)C1)c1csc(C2CC2)n1. The molecule has 1 aromatic heterocycles. The molecular weight excluding hydrogens is 312 g/mol. The van der Waals surface area contributed by atoms with E-state index in [1.807, 2.05) is 12.3 Å². The molecule has 2 atom stereocenters. The van der Waals surface area contributed by atoms with Crippen LogP contribution >= 0.6 is 11.3 Å². The van der Waals surface area contributed by atoms with Gasteiger partial charge in [-0.15, -0.1) is 11.3 Å². The summed E-state index contributed by atoms with van der Waals surface area (Å²) in [6.45, 7) is 3.30. The van der Waals surface area contributed by atoms with Crippen LogP contribution in [0.2, 0.25) is 0 Å². The number of thiazole rings is 1. The molecule has 126 valence electrons. The number of aromatic nitrogens is 1. The van der Waals surface area contributed by atoms with Gasteiger partial charge in [0.15, 0.2) is 0 Å². The van der Waals surface area contributed by atoms with Crippen LogP contribution in [-0.2, 0) is 4.79 Å². The lowest BCUT2D eigenvalue weighted by Gasteiger charge is -2.33. The summed E-state index contributed by atoms with van der Waals surface area (Å²) in [7, 11) is 0. The molecule has 1 aromatic rings. The Bertz CT molecular complexity index is 584. The Morgan fingerprint density at radius 2 is 2.26 bits per heavy atom. The maximum atomic E-state index is 12.4. The van der Waals surface area contributed by atoms with Crippen molar-refractivity contribution in [2.45, 2.75) is 51.0 Å². The Labute approximate surface area is 140 Å². The summed E-state index contributed by atoms with van der Waals surface area (Å²) in [5.74, 6) is 0.539. The number of piperidine rings is 1. The molecule has 1 aliphatic carbocycles. The van der Waals surface area contributed by atoms with Crippen LogP contribution < -0.4 is 11.1 Å². The van der Waals surface area contributed by atoms with Crippen molar-refractivity contribution in [2.24, 2.45) is 11.7 Å². The van der Waals surface area contributed by atoms with Crippen molar-refractivity contribution < 1.29 is 9.59 Å². The second-order valence-corrected chi connectivity index (χ2v) is 7.57. The number of likely N-dealkylation sites (tertiary alicyclic amines) is 1. The lowest BCUT2D eigenvalue weighted by molar-refractivity contribution is -0.119. The van der Waals surface area contributed by atoms with Gasteiger partial charge < -0.3 is 16.0 Å². The lowest BCUT2D eigenvalue weighted by Crippen LogP contribution is -2.46. The first-order chi connectivity index (χ1) is 11.0. The van der Waals surface area contributed by atoms with Crippen molar-refractivity contribution in [3.05, 3.63) is 16.1 Å². The summed E-state index contributed by atoms with van der Waals surface area (Å²) in [6, 6.07) is -0.171. The largest absolute Gasteiger partial charge is 0.370 e. The summed E-state index contributed by atoms with van der Waals surface area (Å²) >= 11 is 1.69. The zero-order chi connectivity index (χ0) is 16.4. The van der Waals surface area contributed by atoms with Crippen molar-refractivity contribution in [1.29, 1.82) is 0 Å². The molecule has 0 radical (unpaired) electrons. The molecule has 1 aliphatic heterocycles. The van der Waals surface area contributed by atoms with Crippen molar-refractivity contribution in [3.8, 4) is 0 Å². The number of carbonyl (C=O) groups is 2. The van der Waals surface area contributed by atoms with Gasteiger partial charge in [-0.1, -0.05) is 0 Å². The molecule has 7 heteroatoms. The van der Waals surface area contributed by atoms with E-state index in [4.69, 9.17) is 5.73 Å². The number of hydrogen-bond acceptors (Lipinski definition) is 4. The molecule has 0 aromatic carbocycles. The number of primary amides is 1. The maximum absolute atomic E-state index is 12.4. The summed E-state index contributed by atoms with van der Waals surface area (Å²) in [5.41, 5.74) is 6.21. The van der Waals surface area contributed by atoms with Gasteiger partial charge in [-0.05, 0) is 38.5 Å². The molecule has 0 bridgehead atoms. The predicted molar refractivity (Wildman–Crippen MR) is 89.1 cm³/mol. The number of urea groups is 1. The molecule has 23 heavy (non-hydrogen) atoms. The highest BCUT2D eigenvalue weighted by Gasteiger charge is 2.28. The van der Waals surface area contributed by atoms with Crippen LogP contribution in [0, 0.1) is 5.92 Å². The second kappa shape index (κ2) is 6.86. The van der Waals surface area contributed by atoms with Gasteiger partial charge in [0.25, 0.3) is 0 Å². The third-order valence-corrected chi connectivity index (χ3v) is 5.57. The Kier molecular flexibility index (Phi) is 4.84. The second-order valence-electron chi connectivity index (χ2n) is 6.68. The average Bonchev–Trinajstić information content (AvgIpc) is 3.24. The monoisotopic (exact) mass is 336 g/mol. The molecule has 2 heterocycles. The van der Waals surface area contributed by atoms with E-state index in [1.54, 1.807) is 16.2 Å². The Morgan fingerprint density at radius 1 is 1.48 bits per heavy atom. The maximum Gasteiger partial charge on any atom is 0.317 e.